The molecule has 1 N–H and O–H groups in total. The molecule has 1 rings (SSSR count). The highest BCUT2D eigenvalue weighted by Crippen LogP contribution is 2.24. The number of methoxy groups -OCH3 is 2. The standard InChI is InChI=1S/C17H27NO3/c1-7-17(4,19)12-18(13(2)3)11-14-8-15(20-5)10-16(9-14)21-6/h7-10,13,19H,1,11-12H2,2-6H3. The predicted molar refractivity (Wildman–Crippen MR) is 85.9 cm³/mol. The first-order chi connectivity index (χ1) is 9.81. The molecule has 0 aliphatic carbocycles. The lowest BCUT2D eigenvalue weighted by molar-refractivity contribution is 0.0457. The van der Waals surface area contributed by atoms with Crippen molar-refractivity contribution in [3.63, 3.8) is 0 Å². The van der Waals surface area contributed by atoms with Crippen LogP contribution in [0.5, 0.6) is 11.5 Å². The van der Waals surface area contributed by atoms with Crippen molar-refractivity contribution in [2.45, 2.75) is 39.0 Å². The summed E-state index contributed by atoms with van der Waals surface area (Å²) in [6.45, 7) is 10.9. The van der Waals surface area contributed by atoms with Crippen LogP contribution in [0.3, 0.4) is 0 Å². The molecule has 0 bridgehead atoms. The van der Waals surface area contributed by atoms with Crippen molar-refractivity contribution < 1.29 is 14.6 Å². The average Bonchev–Trinajstić information content (AvgIpc) is 2.45. The third kappa shape index (κ3) is 5.40. The number of hydrogen-bond donors (Lipinski definition) is 1. The van der Waals surface area contributed by atoms with Crippen LogP contribution in [0.4, 0.5) is 0 Å². The summed E-state index contributed by atoms with van der Waals surface area (Å²) >= 11 is 0. The lowest BCUT2D eigenvalue weighted by atomic mass is 10.0. The summed E-state index contributed by atoms with van der Waals surface area (Å²) in [5.74, 6) is 1.53. The van der Waals surface area contributed by atoms with Gasteiger partial charge in [0.1, 0.15) is 11.5 Å². The number of nitrogens with zero attached hydrogens (tertiary/aromatic N) is 1. The van der Waals surface area contributed by atoms with E-state index in [1.807, 2.05) is 18.2 Å². The molecule has 0 aromatic heterocycles. The van der Waals surface area contributed by atoms with E-state index in [1.54, 1.807) is 27.2 Å². The lowest BCUT2D eigenvalue weighted by Crippen LogP contribution is -2.42. The molecule has 0 aliphatic rings. The number of aliphatic hydroxyl groups is 1. The SMILES string of the molecule is C=CC(C)(O)CN(Cc1cc(OC)cc(OC)c1)C(C)C. The third-order valence-corrected chi connectivity index (χ3v) is 3.49. The maximum Gasteiger partial charge on any atom is 0.122 e. The molecule has 0 amide bonds. The molecular formula is C17H27NO3. The quantitative estimate of drug-likeness (QED) is 0.748. The molecule has 4 nitrogen and oxygen atoms in total. The molecule has 0 saturated heterocycles. The number of hydrogen-bond acceptors (Lipinski definition) is 4. The Morgan fingerprint density at radius 2 is 1.76 bits per heavy atom. The molecule has 1 aromatic carbocycles. The molecule has 1 unspecified atom stereocenters. The number of benzene rings is 1. The second-order valence-corrected chi connectivity index (χ2v) is 5.78. The summed E-state index contributed by atoms with van der Waals surface area (Å²) in [6, 6.07) is 6.12. The van der Waals surface area contributed by atoms with Crippen LogP contribution < -0.4 is 9.47 Å². The van der Waals surface area contributed by atoms with Crippen LogP contribution in [0.2, 0.25) is 0 Å². The zero-order valence-electron chi connectivity index (χ0n) is 13.7. The Hall–Kier alpha value is -1.52. The van der Waals surface area contributed by atoms with Gasteiger partial charge in [-0.15, -0.1) is 6.58 Å². The first-order valence-corrected chi connectivity index (χ1v) is 7.13. The molecule has 118 valence electrons. The van der Waals surface area contributed by atoms with Gasteiger partial charge >= 0.3 is 0 Å². The Morgan fingerprint density at radius 1 is 1.24 bits per heavy atom. The smallest absolute Gasteiger partial charge is 0.122 e. The van der Waals surface area contributed by atoms with Crippen molar-refractivity contribution in [1.29, 1.82) is 0 Å². The average molecular weight is 293 g/mol. The fraction of sp³-hybridized carbons (Fsp3) is 0.529. The van der Waals surface area contributed by atoms with Gasteiger partial charge in [0.05, 0.1) is 19.8 Å². The monoisotopic (exact) mass is 293 g/mol. The second-order valence-electron chi connectivity index (χ2n) is 5.78. The molecule has 0 spiro atoms. The van der Waals surface area contributed by atoms with Gasteiger partial charge in [0.2, 0.25) is 0 Å². The first kappa shape index (κ1) is 17.5. The Kier molecular flexibility index (Phi) is 6.24. The van der Waals surface area contributed by atoms with Gasteiger partial charge in [-0.3, -0.25) is 4.90 Å². The minimum atomic E-state index is -0.910. The van der Waals surface area contributed by atoms with E-state index < -0.39 is 5.60 Å². The maximum absolute atomic E-state index is 10.2. The lowest BCUT2D eigenvalue weighted by Gasteiger charge is -2.32. The predicted octanol–water partition coefficient (Wildman–Crippen LogP) is 2.85. The Balaban J connectivity index is 2.96. The minimum absolute atomic E-state index is 0.300. The fourth-order valence-corrected chi connectivity index (χ4v) is 2.09. The summed E-state index contributed by atoms with van der Waals surface area (Å²) in [6.07, 6.45) is 1.58. The summed E-state index contributed by atoms with van der Waals surface area (Å²) in [5.41, 5.74) is 0.174. The molecule has 1 aromatic rings. The van der Waals surface area contributed by atoms with Gasteiger partial charge in [-0.2, -0.15) is 0 Å². The zero-order valence-corrected chi connectivity index (χ0v) is 13.7. The highest BCUT2D eigenvalue weighted by atomic mass is 16.5. The van der Waals surface area contributed by atoms with E-state index in [1.165, 1.54) is 0 Å². The Bertz CT molecular complexity index is 447. The van der Waals surface area contributed by atoms with E-state index in [4.69, 9.17) is 9.47 Å². The number of ether oxygens (including phenoxy) is 2. The van der Waals surface area contributed by atoms with Crippen molar-refractivity contribution in [3.8, 4) is 11.5 Å². The zero-order chi connectivity index (χ0) is 16.0. The van der Waals surface area contributed by atoms with Crippen molar-refractivity contribution in [2.75, 3.05) is 20.8 Å². The van der Waals surface area contributed by atoms with Crippen molar-refractivity contribution in [3.05, 3.63) is 36.4 Å². The molecule has 0 saturated carbocycles. The van der Waals surface area contributed by atoms with Crippen molar-refractivity contribution in [2.24, 2.45) is 0 Å². The van der Waals surface area contributed by atoms with Gasteiger partial charge in [-0.1, -0.05) is 6.08 Å². The number of rotatable bonds is 8. The fourth-order valence-electron chi connectivity index (χ4n) is 2.09. The third-order valence-electron chi connectivity index (χ3n) is 3.49. The molecule has 21 heavy (non-hydrogen) atoms. The van der Waals surface area contributed by atoms with Crippen LogP contribution in [0.1, 0.15) is 26.3 Å². The molecule has 0 aliphatic heterocycles. The molecule has 0 heterocycles. The molecule has 4 heteroatoms. The largest absolute Gasteiger partial charge is 0.497 e. The van der Waals surface area contributed by atoms with Crippen molar-refractivity contribution in [1.82, 2.24) is 4.90 Å². The van der Waals surface area contributed by atoms with Gasteiger partial charge in [0.25, 0.3) is 0 Å². The molecule has 0 fully saturated rings. The van der Waals surface area contributed by atoms with Gasteiger partial charge in [0.15, 0.2) is 0 Å². The highest BCUT2D eigenvalue weighted by molar-refractivity contribution is 5.38. The van der Waals surface area contributed by atoms with Gasteiger partial charge in [-0.05, 0) is 38.5 Å². The molecule has 1 atom stereocenters. The van der Waals surface area contributed by atoms with E-state index in [9.17, 15) is 5.11 Å². The summed E-state index contributed by atoms with van der Waals surface area (Å²) in [7, 11) is 3.28. The first-order valence-electron chi connectivity index (χ1n) is 7.13. The summed E-state index contributed by atoms with van der Waals surface area (Å²) in [5, 5.41) is 10.2. The normalized spacial score (nSPS) is 14.1. The van der Waals surface area contributed by atoms with E-state index in [2.05, 4.69) is 25.3 Å². The maximum atomic E-state index is 10.2. The van der Waals surface area contributed by atoms with Gasteiger partial charge in [0, 0.05) is 25.2 Å². The van der Waals surface area contributed by atoms with Gasteiger partial charge in [-0.25, -0.2) is 0 Å². The highest BCUT2D eigenvalue weighted by Gasteiger charge is 2.22. The topological polar surface area (TPSA) is 41.9 Å². The van der Waals surface area contributed by atoms with E-state index in [0.29, 0.717) is 19.1 Å². The van der Waals surface area contributed by atoms with Crippen LogP contribution in [0, 0.1) is 0 Å². The van der Waals surface area contributed by atoms with Crippen LogP contribution in [-0.4, -0.2) is 42.4 Å². The van der Waals surface area contributed by atoms with E-state index in [-0.39, 0.29) is 0 Å². The van der Waals surface area contributed by atoms with E-state index in [0.717, 1.165) is 17.1 Å². The second kappa shape index (κ2) is 7.48. The van der Waals surface area contributed by atoms with E-state index >= 15 is 0 Å². The van der Waals surface area contributed by atoms with Crippen LogP contribution in [0.15, 0.2) is 30.9 Å². The van der Waals surface area contributed by atoms with Crippen LogP contribution in [-0.2, 0) is 6.54 Å². The minimum Gasteiger partial charge on any atom is -0.497 e. The summed E-state index contributed by atoms with van der Waals surface area (Å²) < 4.78 is 10.6. The van der Waals surface area contributed by atoms with Crippen LogP contribution >= 0.6 is 0 Å². The Labute approximate surface area is 128 Å². The van der Waals surface area contributed by atoms with Gasteiger partial charge < -0.3 is 14.6 Å². The molecular weight excluding hydrogens is 266 g/mol. The Morgan fingerprint density at radius 3 is 2.14 bits per heavy atom. The summed E-state index contributed by atoms with van der Waals surface area (Å²) in [4.78, 5) is 2.19. The molecule has 0 radical (unpaired) electrons. The van der Waals surface area contributed by atoms with Crippen LogP contribution in [0.25, 0.3) is 0 Å². The van der Waals surface area contributed by atoms with Crippen molar-refractivity contribution >= 4 is 0 Å².